The monoisotopic (exact) mass is 333 g/mol. The summed E-state index contributed by atoms with van der Waals surface area (Å²) in [6.45, 7) is 2.30. The third kappa shape index (κ3) is 2.94. The molecule has 120 valence electrons. The van der Waals surface area contributed by atoms with Crippen molar-refractivity contribution in [2.45, 2.75) is 25.6 Å². The van der Waals surface area contributed by atoms with Gasteiger partial charge in [0, 0.05) is 35.3 Å². The Morgan fingerprint density at radius 1 is 1.22 bits per heavy atom. The Bertz CT molecular complexity index is 720. The van der Waals surface area contributed by atoms with Crippen LogP contribution >= 0.6 is 11.6 Å². The topological polar surface area (TPSA) is 21.7 Å². The highest BCUT2D eigenvalue weighted by molar-refractivity contribution is 6.30. The van der Waals surface area contributed by atoms with Gasteiger partial charge in [-0.05, 0) is 36.2 Å². The van der Waals surface area contributed by atoms with Crippen molar-refractivity contribution < 1.29 is 13.9 Å². The first-order chi connectivity index (χ1) is 11.2. The summed E-state index contributed by atoms with van der Waals surface area (Å²) in [5.41, 5.74) is 2.92. The van der Waals surface area contributed by atoms with E-state index in [1.165, 1.54) is 11.6 Å². The molecule has 0 amide bonds. The van der Waals surface area contributed by atoms with Crippen molar-refractivity contribution >= 4 is 11.6 Å². The zero-order valence-corrected chi connectivity index (χ0v) is 13.4. The average Bonchev–Trinajstić information content (AvgIpc) is 2.53. The second kappa shape index (κ2) is 6.11. The minimum Gasteiger partial charge on any atom is -0.467 e. The summed E-state index contributed by atoms with van der Waals surface area (Å²) in [4.78, 5) is 2.33. The normalized spacial score (nSPS) is 20.5. The highest BCUT2D eigenvalue weighted by Gasteiger charge is 2.30. The van der Waals surface area contributed by atoms with E-state index in [9.17, 15) is 4.39 Å². The van der Waals surface area contributed by atoms with Crippen molar-refractivity contribution in [2.75, 3.05) is 13.3 Å². The molecule has 23 heavy (non-hydrogen) atoms. The molecule has 1 fully saturated rings. The molecule has 0 N–H and O–H groups in total. The van der Waals surface area contributed by atoms with Crippen LogP contribution in [0.25, 0.3) is 0 Å². The lowest BCUT2D eigenvalue weighted by Gasteiger charge is -2.42. The van der Waals surface area contributed by atoms with Gasteiger partial charge in [-0.15, -0.1) is 0 Å². The van der Waals surface area contributed by atoms with E-state index < -0.39 is 0 Å². The Kier molecular flexibility index (Phi) is 3.97. The number of fused-ring (bicyclic) bond motifs is 1. The van der Waals surface area contributed by atoms with E-state index >= 15 is 0 Å². The van der Waals surface area contributed by atoms with E-state index in [4.69, 9.17) is 21.1 Å². The molecule has 3 nitrogen and oxygen atoms in total. The smallest absolute Gasteiger partial charge is 0.189 e. The van der Waals surface area contributed by atoms with Gasteiger partial charge in [0.05, 0.1) is 6.61 Å². The van der Waals surface area contributed by atoms with Crippen LogP contribution in [0.2, 0.25) is 5.02 Å². The molecule has 1 atom stereocenters. The van der Waals surface area contributed by atoms with Crippen LogP contribution in [-0.2, 0) is 17.9 Å². The Hall–Kier alpha value is -1.62. The number of likely N-dealkylation sites (tertiary alicyclic amines) is 1. The fourth-order valence-electron chi connectivity index (χ4n) is 3.29. The summed E-state index contributed by atoms with van der Waals surface area (Å²) in [5, 5.41) is 0.743. The summed E-state index contributed by atoms with van der Waals surface area (Å²) in [7, 11) is 0. The Morgan fingerprint density at radius 2 is 2.04 bits per heavy atom. The lowest BCUT2D eigenvalue weighted by molar-refractivity contribution is -0.0185. The predicted molar refractivity (Wildman–Crippen MR) is 85.9 cm³/mol. The molecule has 0 bridgehead atoms. The van der Waals surface area contributed by atoms with Crippen molar-refractivity contribution in [2.24, 2.45) is 0 Å². The van der Waals surface area contributed by atoms with Crippen LogP contribution in [0.3, 0.4) is 0 Å². The van der Waals surface area contributed by atoms with Gasteiger partial charge in [0.2, 0.25) is 0 Å². The van der Waals surface area contributed by atoms with Gasteiger partial charge in [0.1, 0.15) is 11.6 Å². The third-order valence-electron chi connectivity index (χ3n) is 4.51. The molecule has 0 unspecified atom stereocenters. The number of hydrogen-bond acceptors (Lipinski definition) is 3. The summed E-state index contributed by atoms with van der Waals surface area (Å²) in [6, 6.07) is 11.4. The quantitative estimate of drug-likeness (QED) is 0.836. The molecule has 2 heterocycles. The third-order valence-corrected chi connectivity index (χ3v) is 4.76. The van der Waals surface area contributed by atoms with Crippen LogP contribution < -0.4 is 4.74 Å². The standard InChI is InChI=1S/C18H17ClFNO2/c19-15-3-1-12(2-4-15)17-5-6-21(17)9-13-7-16(20)8-14-10-22-11-23-18(13)14/h1-4,7-8,17H,5-6,9-11H2/t17-/m1/s1. The van der Waals surface area contributed by atoms with E-state index in [0.29, 0.717) is 19.2 Å². The highest BCUT2D eigenvalue weighted by atomic mass is 35.5. The minimum absolute atomic E-state index is 0.228. The first kappa shape index (κ1) is 14.9. The average molecular weight is 334 g/mol. The molecule has 4 rings (SSSR count). The van der Waals surface area contributed by atoms with Crippen molar-refractivity contribution in [1.29, 1.82) is 0 Å². The maximum Gasteiger partial charge on any atom is 0.189 e. The molecule has 2 aliphatic heterocycles. The second-order valence-electron chi connectivity index (χ2n) is 5.99. The Morgan fingerprint density at radius 3 is 2.78 bits per heavy atom. The molecular weight excluding hydrogens is 317 g/mol. The van der Waals surface area contributed by atoms with Gasteiger partial charge in [0.15, 0.2) is 6.79 Å². The SMILES string of the molecule is Fc1cc2c(c(CN3CC[C@@H]3c3ccc(Cl)cc3)c1)OCOC2. The van der Waals surface area contributed by atoms with Gasteiger partial charge in [0.25, 0.3) is 0 Å². The maximum atomic E-state index is 13.8. The van der Waals surface area contributed by atoms with E-state index in [0.717, 1.165) is 34.9 Å². The molecule has 0 radical (unpaired) electrons. The number of ether oxygens (including phenoxy) is 2. The zero-order valence-electron chi connectivity index (χ0n) is 12.6. The van der Waals surface area contributed by atoms with Gasteiger partial charge >= 0.3 is 0 Å². The summed E-state index contributed by atoms with van der Waals surface area (Å²) in [6.07, 6.45) is 1.10. The molecule has 2 aliphatic rings. The molecule has 1 saturated heterocycles. The van der Waals surface area contributed by atoms with Crippen LogP contribution in [-0.4, -0.2) is 18.2 Å². The molecule has 0 aliphatic carbocycles. The molecule has 0 spiro atoms. The second-order valence-corrected chi connectivity index (χ2v) is 6.43. The van der Waals surface area contributed by atoms with Crippen molar-refractivity contribution in [3.63, 3.8) is 0 Å². The van der Waals surface area contributed by atoms with Crippen LogP contribution in [0.5, 0.6) is 5.75 Å². The number of rotatable bonds is 3. The number of halogens is 2. The van der Waals surface area contributed by atoms with E-state index in [1.54, 1.807) is 6.07 Å². The van der Waals surface area contributed by atoms with Crippen molar-refractivity contribution in [3.05, 3.63) is 63.9 Å². The molecule has 5 heteroatoms. The summed E-state index contributed by atoms with van der Waals surface area (Å²) in [5.74, 6) is 0.538. The molecule has 0 saturated carbocycles. The predicted octanol–water partition coefficient (Wildman–Crippen LogP) is 4.29. The minimum atomic E-state index is -0.239. The fourth-order valence-corrected chi connectivity index (χ4v) is 3.41. The van der Waals surface area contributed by atoms with Crippen LogP contribution in [0, 0.1) is 5.82 Å². The first-order valence-electron chi connectivity index (χ1n) is 7.72. The van der Waals surface area contributed by atoms with E-state index in [-0.39, 0.29) is 12.6 Å². The van der Waals surface area contributed by atoms with Gasteiger partial charge in [-0.1, -0.05) is 23.7 Å². The fraction of sp³-hybridized carbons (Fsp3) is 0.333. The summed E-state index contributed by atoms with van der Waals surface area (Å²) < 4.78 is 24.7. The van der Waals surface area contributed by atoms with Gasteiger partial charge in [-0.2, -0.15) is 0 Å². The molecular formula is C18H17ClFNO2. The zero-order chi connectivity index (χ0) is 15.8. The van der Waals surface area contributed by atoms with Crippen molar-refractivity contribution in [3.8, 4) is 5.75 Å². The van der Waals surface area contributed by atoms with E-state index in [1.807, 2.05) is 12.1 Å². The number of benzene rings is 2. The summed E-state index contributed by atoms with van der Waals surface area (Å²) >= 11 is 5.96. The van der Waals surface area contributed by atoms with Crippen LogP contribution in [0.4, 0.5) is 4.39 Å². The van der Waals surface area contributed by atoms with Gasteiger partial charge in [-0.25, -0.2) is 4.39 Å². The van der Waals surface area contributed by atoms with Gasteiger partial charge in [-0.3, -0.25) is 4.90 Å². The number of hydrogen-bond donors (Lipinski definition) is 0. The maximum absolute atomic E-state index is 13.8. The molecule has 2 aromatic carbocycles. The Balaban J connectivity index is 1.56. The first-order valence-corrected chi connectivity index (χ1v) is 8.10. The number of nitrogens with zero attached hydrogens (tertiary/aromatic N) is 1. The van der Waals surface area contributed by atoms with Gasteiger partial charge < -0.3 is 9.47 Å². The van der Waals surface area contributed by atoms with E-state index in [2.05, 4.69) is 17.0 Å². The highest BCUT2D eigenvalue weighted by Crippen LogP contribution is 2.38. The largest absolute Gasteiger partial charge is 0.467 e. The molecule has 2 aromatic rings. The lowest BCUT2D eigenvalue weighted by atomic mass is 9.93. The van der Waals surface area contributed by atoms with Crippen molar-refractivity contribution in [1.82, 2.24) is 4.90 Å². The Labute approximate surface area is 139 Å². The van der Waals surface area contributed by atoms with Crippen LogP contribution in [0.1, 0.15) is 29.2 Å². The molecule has 0 aromatic heterocycles. The lowest BCUT2D eigenvalue weighted by Crippen LogP contribution is -2.40. The van der Waals surface area contributed by atoms with Crippen LogP contribution in [0.15, 0.2) is 36.4 Å².